The molecule has 2 aromatic carbocycles. The summed E-state index contributed by atoms with van der Waals surface area (Å²) in [6, 6.07) is 17.6. The van der Waals surface area contributed by atoms with Crippen molar-refractivity contribution in [3.63, 3.8) is 0 Å². The molecule has 2 atom stereocenters. The van der Waals surface area contributed by atoms with Gasteiger partial charge >= 0.3 is 0 Å². The first-order chi connectivity index (χ1) is 15.4. The summed E-state index contributed by atoms with van der Waals surface area (Å²) in [7, 11) is 4.43. The standard InChI is InChI=1S/C27H37N3OS/c1-26(2)24-8-5-6-9-25(24)30-18-20-31-27(26,30)15-14-22-10-12-23(13-11-22)29(4)17-7-16-28(3)19-21-32/h5-6,8-15,32H,7,16-21H2,1-4H3/p+1/b15-14+. The van der Waals surface area contributed by atoms with Gasteiger partial charge < -0.3 is 19.4 Å². The molecule has 2 unspecified atom stereocenters. The second-order valence-electron chi connectivity index (χ2n) is 9.72. The molecule has 1 saturated heterocycles. The van der Waals surface area contributed by atoms with Crippen LogP contribution in [-0.2, 0) is 10.2 Å². The van der Waals surface area contributed by atoms with Crippen molar-refractivity contribution in [2.45, 2.75) is 31.4 Å². The van der Waals surface area contributed by atoms with E-state index in [-0.39, 0.29) is 5.41 Å². The Labute approximate surface area is 199 Å². The summed E-state index contributed by atoms with van der Waals surface area (Å²) in [4.78, 5) is 6.33. The van der Waals surface area contributed by atoms with Crippen LogP contribution >= 0.6 is 12.6 Å². The average Bonchev–Trinajstić information content (AvgIpc) is 3.30. The van der Waals surface area contributed by atoms with Gasteiger partial charge in [0.25, 0.3) is 0 Å². The van der Waals surface area contributed by atoms with E-state index >= 15 is 0 Å². The molecule has 2 heterocycles. The number of hydrogen-bond acceptors (Lipinski definition) is 4. The molecule has 2 aromatic rings. The lowest BCUT2D eigenvalue weighted by molar-refractivity contribution is -0.876. The lowest BCUT2D eigenvalue weighted by atomic mass is 9.77. The molecule has 5 heteroatoms. The molecule has 2 aliphatic heterocycles. The summed E-state index contributed by atoms with van der Waals surface area (Å²) >= 11 is 4.33. The highest BCUT2D eigenvalue weighted by atomic mass is 32.1. The van der Waals surface area contributed by atoms with Crippen LogP contribution in [0.2, 0.25) is 0 Å². The van der Waals surface area contributed by atoms with Crippen LogP contribution in [0.3, 0.4) is 0 Å². The van der Waals surface area contributed by atoms with E-state index in [4.69, 9.17) is 4.74 Å². The Morgan fingerprint density at radius 3 is 2.62 bits per heavy atom. The quantitative estimate of drug-likeness (QED) is 0.569. The van der Waals surface area contributed by atoms with Crippen LogP contribution in [0, 0.1) is 0 Å². The maximum Gasteiger partial charge on any atom is 0.170 e. The third-order valence-electron chi connectivity index (χ3n) is 7.27. The first-order valence-electron chi connectivity index (χ1n) is 11.8. The van der Waals surface area contributed by atoms with Crippen LogP contribution in [0.4, 0.5) is 11.4 Å². The van der Waals surface area contributed by atoms with Crippen molar-refractivity contribution in [2.24, 2.45) is 0 Å². The fraction of sp³-hybridized carbons (Fsp3) is 0.481. The first-order valence-corrected chi connectivity index (χ1v) is 12.5. The second kappa shape index (κ2) is 9.50. The second-order valence-corrected chi connectivity index (χ2v) is 10.2. The van der Waals surface area contributed by atoms with Crippen molar-refractivity contribution >= 4 is 30.1 Å². The Morgan fingerprint density at radius 1 is 1.12 bits per heavy atom. The highest BCUT2D eigenvalue weighted by Gasteiger charge is 2.58. The van der Waals surface area contributed by atoms with Crippen molar-refractivity contribution in [3.05, 3.63) is 65.7 Å². The number of rotatable bonds is 9. The number of nitrogens with zero attached hydrogens (tertiary/aromatic N) is 2. The summed E-state index contributed by atoms with van der Waals surface area (Å²) in [5, 5.41) is 0. The number of thiol groups is 1. The molecule has 1 N–H and O–H groups in total. The average molecular weight is 453 g/mol. The van der Waals surface area contributed by atoms with Gasteiger partial charge in [-0.1, -0.05) is 50.3 Å². The van der Waals surface area contributed by atoms with Gasteiger partial charge in [-0.05, 0) is 35.4 Å². The molecule has 2 aliphatic rings. The predicted molar refractivity (Wildman–Crippen MR) is 139 cm³/mol. The molecule has 32 heavy (non-hydrogen) atoms. The van der Waals surface area contributed by atoms with E-state index in [2.05, 4.69) is 111 Å². The van der Waals surface area contributed by atoms with E-state index in [0.29, 0.717) is 0 Å². The molecule has 0 radical (unpaired) electrons. The summed E-state index contributed by atoms with van der Waals surface area (Å²) in [6.07, 6.45) is 5.69. The molecular formula is C27H38N3OS+. The molecular weight excluding hydrogens is 414 g/mol. The van der Waals surface area contributed by atoms with Gasteiger partial charge in [0.2, 0.25) is 0 Å². The third-order valence-corrected chi connectivity index (χ3v) is 7.50. The monoisotopic (exact) mass is 452 g/mol. The van der Waals surface area contributed by atoms with Crippen molar-refractivity contribution in [3.8, 4) is 0 Å². The number of fused-ring (bicyclic) bond motifs is 3. The number of ether oxygens (including phenoxy) is 1. The van der Waals surface area contributed by atoms with Crippen molar-refractivity contribution in [1.82, 2.24) is 0 Å². The minimum absolute atomic E-state index is 0.112. The van der Waals surface area contributed by atoms with Gasteiger partial charge in [0.05, 0.1) is 26.7 Å². The maximum atomic E-state index is 6.45. The number of para-hydroxylation sites is 1. The van der Waals surface area contributed by atoms with E-state index in [9.17, 15) is 0 Å². The molecule has 172 valence electrons. The summed E-state index contributed by atoms with van der Waals surface area (Å²) in [5.41, 5.74) is 4.60. The summed E-state index contributed by atoms with van der Waals surface area (Å²) < 4.78 is 6.45. The Balaban J connectivity index is 1.44. The van der Waals surface area contributed by atoms with E-state index < -0.39 is 5.72 Å². The fourth-order valence-electron chi connectivity index (χ4n) is 5.24. The maximum absolute atomic E-state index is 6.45. The molecule has 4 nitrogen and oxygen atoms in total. The number of nitrogens with one attached hydrogen (secondary N) is 1. The Morgan fingerprint density at radius 2 is 1.88 bits per heavy atom. The van der Waals surface area contributed by atoms with E-state index in [1.165, 1.54) is 35.5 Å². The van der Waals surface area contributed by atoms with Crippen LogP contribution in [-0.4, -0.2) is 58.4 Å². The minimum atomic E-state index is -0.423. The highest BCUT2D eigenvalue weighted by molar-refractivity contribution is 7.80. The van der Waals surface area contributed by atoms with Gasteiger partial charge in [-0.15, -0.1) is 0 Å². The van der Waals surface area contributed by atoms with Crippen LogP contribution in [0.5, 0.6) is 0 Å². The lowest BCUT2D eigenvalue weighted by Crippen LogP contribution is -3.09. The SMILES string of the molecule is CN(CCC[NH+](C)CCS)c1ccc(/C=C/C23OCCN2c2ccccc2C3(C)C)cc1. The van der Waals surface area contributed by atoms with Crippen LogP contribution in [0.25, 0.3) is 6.08 Å². The van der Waals surface area contributed by atoms with E-state index in [1.54, 1.807) is 4.90 Å². The molecule has 0 bridgehead atoms. The molecule has 0 saturated carbocycles. The largest absolute Gasteiger partial charge is 0.374 e. The smallest absolute Gasteiger partial charge is 0.170 e. The molecule has 0 aliphatic carbocycles. The minimum Gasteiger partial charge on any atom is -0.374 e. The molecule has 0 spiro atoms. The van der Waals surface area contributed by atoms with Crippen molar-refractivity contribution in [1.29, 1.82) is 0 Å². The zero-order valence-corrected chi connectivity index (χ0v) is 20.9. The van der Waals surface area contributed by atoms with Crippen molar-refractivity contribution in [2.75, 3.05) is 62.4 Å². The number of quaternary nitrogens is 1. The number of benzene rings is 2. The normalized spacial score (nSPS) is 22.2. The fourth-order valence-corrected chi connectivity index (χ4v) is 5.62. The predicted octanol–water partition coefficient (Wildman–Crippen LogP) is 3.49. The lowest BCUT2D eigenvalue weighted by Gasteiger charge is -2.39. The number of hydrogen-bond donors (Lipinski definition) is 2. The molecule has 1 fully saturated rings. The number of anilines is 2. The topological polar surface area (TPSA) is 20.1 Å². The van der Waals surface area contributed by atoms with Crippen LogP contribution in [0.15, 0.2) is 54.6 Å². The summed E-state index contributed by atoms with van der Waals surface area (Å²) in [6.45, 7) is 9.67. The zero-order valence-electron chi connectivity index (χ0n) is 20.0. The first kappa shape index (κ1) is 23.2. The van der Waals surface area contributed by atoms with E-state index in [0.717, 1.165) is 32.0 Å². The molecule has 4 rings (SSSR count). The van der Waals surface area contributed by atoms with Crippen LogP contribution in [0.1, 0.15) is 31.4 Å². The van der Waals surface area contributed by atoms with E-state index in [1.807, 2.05) is 0 Å². The molecule has 0 amide bonds. The third kappa shape index (κ3) is 4.18. The van der Waals surface area contributed by atoms with Crippen molar-refractivity contribution < 1.29 is 9.64 Å². The van der Waals surface area contributed by atoms with Gasteiger partial charge in [-0.2, -0.15) is 12.6 Å². The summed E-state index contributed by atoms with van der Waals surface area (Å²) in [5.74, 6) is 0.948. The van der Waals surface area contributed by atoms with Gasteiger partial charge in [0.15, 0.2) is 5.72 Å². The van der Waals surface area contributed by atoms with Gasteiger partial charge in [0, 0.05) is 49.1 Å². The Hall–Kier alpha value is -1.95. The Bertz CT molecular complexity index is 942. The van der Waals surface area contributed by atoms with Gasteiger partial charge in [-0.25, -0.2) is 0 Å². The van der Waals surface area contributed by atoms with Gasteiger partial charge in [-0.3, -0.25) is 0 Å². The van der Waals surface area contributed by atoms with Gasteiger partial charge in [0.1, 0.15) is 0 Å². The Kier molecular flexibility index (Phi) is 6.89. The van der Waals surface area contributed by atoms with Crippen LogP contribution < -0.4 is 14.7 Å². The molecule has 0 aromatic heterocycles. The zero-order chi connectivity index (χ0) is 22.8. The highest BCUT2D eigenvalue weighted by Crippen LogP contribution is 2.54.